The highest BCUT2D eigenvalue weighted by Crippen LogP contribution is 2.16. The predicted molar refractivity (Wildman–Crippen MR) is 135 cm³/mol. The third-order valence-electron chi connectivity index (χ3n) is 4.69. The molecule has 0 bridgehead atoms. The van der Waals surface area contributed by atoms with Crippen LogP contribution in [0, 0.1) is 20.8 Å². The van der Waals surface area contributed by atoms with Crippen molar-refractivity contribution in [2.75, 3.05) is 5.32 Å². The number of aryl methyl sites for hydroxylation is 3. The SMILES string of the molecule is Cc1ccc(CSC(=S)NN(Cc2ccc(C)cc2)C(=O)Nc2cccc(C)c2)cc1. The number of benzene rings is 3. The van der Waals surface area contributed by atoms with E-state index in [1.165, 1.54) is 33.5 Å². The first-order valence-electron chi connectivity index (χ1n) is 10.1. The van der Waals surface area contributed by atoms with E-state index in [9.17, 15) is 4.79 Å². The van der Waals surface area contributed by atoms with Gasteiger partial charge in [-0.1, -0.05) is 95.8 Å². The largest absolute Gasteiger partial charge is 0.340 e. The van der Waals surface area contributed by atoms with Gasteiger partial charge in [0.1, 0.15) is 0 Å². The van der Waals surface area contributed by atoms with Gasteiger partial charge in [-0.15, -0.1) is 0 Å². The summed E-state index contributed by atoms with van der Waals surface area (Å²) in [6.45, 7) is 6.50. The molecule has 3 aromatic rings. The monoisotopic (exact) mass is 449 g/mol. The van der Waals surface area contributed by atoms with Gasteiger partial charge in [0.25, 0.3) is 0 Å². The van der Waals surface area contributed by atoms with Crippen LogP contribution in [-0.4, -0.2) is 15.4 Å². The third kappa shape index (κ3) is 7.42. The summed E-state index contributed by atoms with van der Waals surface area (Å²) in [5.41, 5.74) is 9.56. The number of carbonyl (C=O) groups is 1. The van der Waals surface area contributed by atoms with Crippen molar-refractivity contribution >= 4 is 40.0 Å². The van der Waals surface area contributed by atoms with Gasteiger partial charge in [0.15, 0.2) is 4.32 Å². The van der Waals surface area contributed by atoms with Crippen molar-refractivity contribution in [3.05, 3.63) is 101 Å². The minimum Gasteiger partial charge on any atom is -0.306 e. The van der Waals surface area contributed by atoms with Gasteiger partial charge in [-0.2, -0.15) is 0 Å². The number of nitrogens with one attached hydrogen (secondary N) is 2. The number of thioether (sulfide) groups is 1. The van der Waals surface area contributed by atoms with Gasteiger partial charge < -0.3 is 5.32 Å². The molecule has 3 aromatic carbocycles. The van der Waals surface area contributed by atoms with Crippen LogP contribution in [0.5, 0.6) is 0 Å². The fourth-order valence-electron chi connectivity index (χ4n) is 2.93. The summed E-state index contributed by atoms with van der Waals surface area (Å²) in [7, 11) is 0. The summed E-state index contributed by atoms with van der Waals surface area (Å²) in [6, 6.07) is 24.0. The number of rotatable bonds is 5. The molecule has 0 spiro atoms. The van der Waals surface area contributed by atoms with Crippen molar-refractivity contribution in [2.45, 2.75) is 33.1 Å². The molecule has 2 amide bonds. The van der Waals surface area contributed by atoms with Gasteiger partial charge in [0.05, 0.1) is 6.54 Å². The summed E-state index contributed by atoms with van der Waals surface area (Å²) < 4.78 is 0.548. The molecule has 0 aliphatic carbocycles. The molecule has 31 heavy (non-hydrogen) atoms. The topological polar surface area (TPSA) is 44.4 Å². The molecule has 3 rings (SSSR count). The lowest BCUT2D eigenvalue weighted by molar-refractivity contribution is 0.198. The Morgan fingerprint density at radius 2 is 1.48 bits per heavy atom. The summed E-state index contributed by atoms with van der Waals surface area (Å²) in [6.07, 6.45) is 0. The van der Waals surface area contributed by atoms with Crippen molar-refractivity contribution in [3.8, 4) is 0 Å². The van der Waals surface area contributed by atoms with Crippen LogP contribution in [0.1, 0.15) is 27.8 Å². The van der Waals surface area contributed by atoms with Gasteiger partial charge in [0, 0.05) is 11.4 Å². The van der Waals surface area contributed by atoms with E-state index in [1.54, 1.807) is 0 Å². The highest BCUT2D eigenvalue weighted by Gasteiger charge is 2.16. The molecule has 0 unspecified atom stereocenters. The first-order valence-corrected chi connectivity index (χ1v) is 11.5. The number of hydrogen-bond donors (Lipinski definition) is 2. The number of amides is 2. The highest BCUT2D eigenvalue weighted by atomic mass is 32.2. The molecule has 0 heterocycles. The molecule has 0 aliphatic heterocycles. The van der Waals surface area contributed by atoms with Crippen molar-refractivity contribution in [1.29, 1.82) is 0 Å². The summed E-state index contributed by atoms with van der Waals surface area (Å²) in [4.78, 5) is 13.0. The van der Waals surface area contributed by atoms with Crippen LogP contribution in [0.3, 0.4) is 0 Å². The van der Waals surface area contributed by atoms with E-state index >= 15 is 0 Å². The van der Waals surface area contributed by atoms with E-state index in [4.69, 9.17) is 12.2 Å². The lowest BCUT2D eigenvalue weighted by Gasteiger charge is -2.25. The van der Waals surface area contributed by atoms with Gasteiger partial charge >= 0.3 is 6.03 Å². The molecule has 0 aromatic heterocycles. The normalized spacial score (nSPS) is 10.4. The molecule has 6 heteroatoms. The standard InChI is InChI=1S/C25H27N3OS2/c1-18-7-11-21(12-8-18)16-28(24(29)26-23-6-4-5-20(3)15-23)27-25(30)31-17-22-13-9-19(2)10-14-22/h4-15H,16-17H2,1-3H3,(H,26,29)(H,27,30). The molecule has 2 N–H and O–H groups in total. The molecule has 160 valence electrons. The Bertz CT molecular complexity index is 1030. The smallest absolute Gasteiger partial charge is 0.306 e. The first kappa shape index (κ1) is 22.8. The summed E-state index contributed by atoms with van der Waals surface area (Å²) in [5, 5.41) is 4.48. The van der Waals surface area contributed by atoms with Crippen LogP contribution in [0.15, 0.2) is 72.8 Å². The summed E-state index contributed by atoms with van der Waals surface area (Å²) in [5.74, 6) is 0.740. The lowest BCUT2D eigenvalue weighted by Crippen LogP contribution is -2.46. The number of urea groups is 1. The first-order chi connectivity index (χ1) is 14.9. The minimum absolute atomic E-state index is 0.260. The average molecular weight is 450 g/mol. The van der Waals surface area contributed by atoms with E-state index in [0.29, 0.717) is 10.9 Å². The molecule has 0 saturated heterocycles. The molecule has 0 fully saturated rings. The summed E-state index contributed by atoms with van der Waals surface area (Å²) >= 11 is 7.03. The number of thiocarbonyl (C=S) groups is 1. The molecular weight excluding hydrogens is 422 g/mol. The fourth-order valence-corrected chi connectivity index (χ4v) is 3.88. The quantitative estimate of drug-likeness (QED) is 0.351. The lowest BCUT2D eigenvalue weighted by atomic mass is 10.1. The molecule has 0 aliphatic rings. The maximum absolute atomic E-state index is 13.0. The van der Waals surface area contributed by atoms with E-state index < -0.39 is 0 Å². The minimum atomic E-state index is -0.260. The predicted octanol–water partition coefficient (Wildman–Crippen LogP) is 6.37. The van der Waals surface area contributed by atoms with E-state index in [1.807, 2.05) is 62.4 Å². The zero-order valence-electron chi connectivity index (χ0n) is 18.0. The van der Waals surface area contributed by atoms with Gasteiger partial charge in [-0.25, -0.2) is 9.80 Å². The number of hydrogen-bond acceptors (Lipinski definition) is 3. The second-order valence-electron chi connectivity index (χ2n) is 7.54. The Labute approximate surface area is 194 Å². The van der Waals surface area contributed by atoms with Crippen molar-refractivity contribution in [3.63, 3.8) is 0 Å². The van der Waals surface area contributed by atoms with E-state index in [2.05, 4.69) is 41.9 Å². The highest BCUT2D eigenvalue weighted by molar-refractivity contribution is 8.22. The van der Waals surface area contributed by atoms with E-state index in [0.717, 1.165) is 22.6 Å². The second kappa shape index (κ2) is 11.0. The Kier molecular flexibility index (Phi) is 8.09. The van der Waals surface area contributed by atoms with Crippen LogP contribution in [-0.2, 0) is 12.3 Å². The number of hydrazine groups is 1. The van der Waals surface area contributed by atoms with Crippen LogP contribution in [0.25, 0.3) is 0 Å². The molecule has 4 nitrogen and oxygen atoms in total. The van der Waals surface area contributed by atoms with Gasteiger partial charge in [-0.05, 0) is 49.6 Å². The van der Waals surface area contributed by atoms with Gasteiger partial charge in [-0.3, -0.25) is 5.43 Å². The maximum Gasteiger partial charge on any atom is 0.340 e. The zero-order valence-corrected chi connectivity index (χ0v) is 19.6. The van der Waals surface area contributed by atoms with Crippen molar-refractivity contribution in [1.82, 2.24) is 10.4 Å². The molecule has 0 atom stereocenters. The number of carbonyl (C=O) groups excluding carboxylic acids is 1. The molecule has 0 saturated carbocycles. The fraction of sp³-hybridized carbons (Fsp3) is 0.200. The molecular formula is C25H27N3OS2. The van der Waals surface area contributed by atoms with Crippen molar-refractivity contribution in [2.24, 2.45) is 0 Å². The third-order valence-corrected chi connectivity index (χ3v) is 5.97. The van der Waals surface area contributed by atoms with Gasteiger partial charge in [0.2, 0.25) is 0 Å². The molecule has 0 radical (unpaired) electrons. The van der Waals surface area contributed by atoms with Crippen LogP contribution in [0.4, 0.5) is 10.5 Å². The Balaban J connectivity index is 1.67. The Morgan fingerprint density at radius 1 is 0.871 bits per heavy atom. The Hall–Kier alpha value is -2.83. The maximum atomic E-state index is 13.0. The zero-order chi connectivity index (χ0) is 22.2. The second-order valence-corrected chi connectivity index (χ2v) is 9.20. The van der Waals surface area contributed by atoms with Crippen LogP contribution >= 0.6 is 24.0 Å². The Morgan fingerprint density at radius 3 is 2.10 bits per heavy atom. The number of nitrogens with zero attached hydrogens (tertiary/aromatic N) is 1. The van der Waals surface area contributed by atoms with E-state index in [-0.39, 0.29) is 6.03 Å². The van der Waals surface area contributed by atoms with Crippen molar-refractivity contribution < 1.29 is 4.79 Å². The van der Waals surface area contributed by atoms with Crippen LogP contribution < -0.4 is 10.7 Å². The number of anilines is 1. The van der Waals surface area contributed by atoms with Crippen LogP contribution in [0.2, 0.25) is 0 Å². The average Bonchev–Trinajstić information content (AvgIpc) is 2.74.